The first kappa shape index (κ1) is 52.1. The third-order valence-electron chi connectivity index (χ3n) is 9.98. The van der Waals surface area contributed by atoms with E-state index in [0.29, 0.717) is 32.1 Å². The van der Waals surface area contributed by atoms with Crippen LogP contribution in [0.25, 0.3) is 0 Å². The molecule has 0 heterocycles. The minimum atomic E-state index is -4.68. The lowest BCUT2D eigenvalue weighted by atomic mass is 9.90. The Kier molecular flexibility index (Phi) is 30.6. The van der Waals surface area contributed by atoms with Crippen LogP contribution in [0.2, 0.25) is 0 Å². The Hall–Kier alpha value is -1.96. The number of allylic oxidation sites excluding steroid dienone is 2. The van der Waals surface area contributed by atoms with Crippen LogP contribution in [0, 0.1) is 11.8 Å². The second kappa shape index (κ2) is 32.9. The molecular formula is C42H75O13P. The summed E-state index contributed by atoms with van der Waals surface area (Å²) in [6.07, 6.45) is 23.7. The maximum atomic E-state index is 12.6. The fourth-order valence-corrected chi connectivity index (χ4v) is 7.35. The lowest BCUT2D eigenvalue weighted by Crippen LogP contribution is -2.29. The van der Waals surface area contributed by atoms with Gasteiger partial charge >= 0.3 is 19.8 Å². The van der Waals surface area contributed by atoms with Gasteiger partial charge in [-0.05, 0) is 32.1 Å². The molecule has 1 unspecified atom stereocenters. The summed E-state index contributed by atoms with van der Waals surface area (Å²) in [5.41, 5.74) is 0. The average Bonchev–Trinajstić information content (AvgIpc) is 3.44. The van der Waals surface area contributed by atoms with Crippen LogP contribution in [0.3, 0.4) is 0 Å². The Morgan fingerprint density at radius 2 is 1.36 bits per heavy atom. The van der Waals surface area contributed by atoms with Crippen molar-refractivity contribution < 1.29 is 62.8 Å². The molecule has 0 aromatic rings. The minimum Gasteiger partial charge on any atom is -0.462 e. The van der Waals surface area contributed by atoms with Crippen molar-refractivity contribution in [2.24, 2.45) is 11.8 Å². The molecule has 14 heteroatoms. The fourth-order valence-electron chi connectivity index (χ4n) is 6.56. The summed E-state index contributed by atoms with van der Waals surface area (Å²) in [6.45, 7) is 1.97. The molecule has 13 nitrogen and oxygen atoms in total. The van der Waals surface area contributed by atoms with Crippen LogP contribution in [-0.2, 0) is 37.5 Å². The summed E-state index contributed by atoms with van der Waals surface area (Å²) in [6, 6.07) is 0. The fraction of sp³-hybridized carbons (Fsp3) is 0.833. The van der Waals surface area contributed by atoms with Gasteiger partial charge in [0.2, 0.25) is 0 Å². The van der Waals surface area contributed by atoms with Gasteiger partial charge in [-0.25, -0.2) is 4.57 Å². The Bertz CT molecular complexity index is 1150. The van der Waals surface area contributed by atoms with E-state index in [1.54, 1.807) is 12.2 Å². The maximum Gasteiger partial charge on any atom is 0.472 e. The number of ketones is 1. The molecule has 1 rings (SSSR count). The number of esters is 2. The van der Waals surface area contributed by atoms with Gasteiger partial charge in [0.1, 0.15) is 18.5 Å². The number of Topliss-reactive ketones (excluding diaryl/α,β-unsaturated/α-hetero) is 1. The summed E-state index contributed by atoms with van der Waals surface area (Å²) in [5, 5.41) is 39.0. The highest BCUT2D eigenvalue weighted by molar-refractivity contribution is 7.47. The molecule has 0 radical (unpaired) electrons. The number of rotatable bonds is 36. The van der Waals surface area contributed by atoms with E-state index < -0.39 is 70.6 Å². The van der Waals surface area contributed by atoms with Gasteiger partial charge in [-0.1, -0.05) is 134 Å². The lowest BCUT2D eigenvalue weighted by Gasteiger charge is -2.20. The maximum absolute atomic E-state index is 12.6. The van der Waals surface area contributed by atoms with E-state index in [4.69, 9.17) is 19.1 Å². The molecule has 0 aromatic carbocycles. The first-order valence-electron chi connectivity index (χ1n) is 21.4. The van der Waals surface area contributed by atoms with E-state index >= 15 is 0 Å². The SMILES string of the molecule is CCCCCCCCCCCCCCCC(=O)O[C@H](COC(=O)CCC/C=C\C[C@H]1C(=O)C[C@@H](O)[C@@H]1/C=C/[C@@H](O)CCCCC)COP(=O)(O)OC[C@@H](O)CO. The molecule has 0 aliphatic heterocycles. The molecule has 1 fully saturated rings. The molecular weight excluding hydrogens is 743 g/mol. The molecule has 0 amide bonds. The standard InChI is InChI=1S/C42H75O13P/c1-3-5-7-8-9-10-11-12-13-14-15-16-22-26-42(49)55-36(33-54-56(50,51)53-31-35(45)30-43)32-52-41(48)25-21-18-17-20-24-37-38(40(47)29-39(37)46)28-27-34(44)23-19-6-4-2/h17,20,27-28,34-38,40,43-45,47H,3-16,18-19,21-26,29-33H2,1-2H3,(H,50,51)/b20-17-,28-27+/t34-,35-,36+,37+,38+,40+/m0/s1. The number of aliphatic hydroxyl groups is 4. The summed E-state index contributed by atoms with van der Waals surface area (Å²) >= 11 is 0. The van der Waals surface area contributed by atoms with E-state index in [2.05, 4.69) is 18.4 Å². The first-order valence-corrected chi connectivity index (χ1v) is 22.9. The van der Waals surface area contributed by atoms with E-state index in [9.17, 15) is 39.2 Å². The van der Waals surface area contributed by atoms with Crippen molar-refractivity contribution in [1.29, 1.82) is 0 Å². The zero-order valence-electron chi connectivity index (χ0n) is 34.3. The topological polar surface area (TPSA) is 206 Å². The molecule has 326 valence electrons. The average molecular weight is 819 g/mol. The molecule has 1 aliphatic rings. The predicted molar refractivity (Wildman–Crippen MR) is 215 cm³/mol. The van der Waals surface area contributed by atoms with Gasteiger partial charge in [-0.3, -0.25) is 23.4 Å². The van der Waals surface area contributed by atoms with E-state index in [-0.39, 0.29) is 36.9 Å². The van der Waals surface area contributed by atoms with Gasteiger partial charge in [0.15, 0.2) is 6.10 Å². The summed E-state index contributed by atoms with van der Waals surface area (Å²) < 4.78 is 32.6. The van der Waals surface area contributed by atoms with Gasteiger partial charge in [0.25, 0.3) is 0 Å². The normalized spacial score (nSPS) is 20.1. The molecule has 0 bridgehead atoms. The third kappa shape index (κ3) is 26.9. The van der Waals surface area contributed by atoms with Crippen LogP contribution in [0.4, 0.5) is 0 Å². The Labute approximate surface area is 336 Å². The van der Waals surface area contributed by atoms with Crippen LogP contribution in [0.1, 0.15) is 162 Å². The second-order valence-corrected chi connectivity index (χ2v) is 16.6. The van der Waals surface area contributed by atoms with Crippen LogP contribution in [0.15, 0.2) is 24.3 Å². The van der Waals surface area contributed by atoms with Crippen molar-refractivity contribution in [3.63, 3.8) is 0 Å². The van der Waals surface area contributed by atoms with Crippen molar-refractivity contribution in [2.75, 3.05) is 26.4 Å². The highest BCUT2D eigenvalue weighted by Crippen LogP contribution is 2.43. The number of carbonyl (C=O) groups is 3. The monoisotopic (exact) mass is 818 g/mol. The first-order chi connectivity index (χ1) is 26.9. The number of ether oxygens (including phenoxy) is 2. The molecule has 7 atom stereocenters. The lowest BCUT2D eigenvalue weighted by molar-refractivity contribution is -0.161. The van der Waals surface area contributed by atoms with Crippen molar-refractivity contribution in [3.05, 3.63) is 24.3 Å². The van der Waals surface area contributed by atoms with E-state index in [0.717, 1.165) is 38.5 Å². The molecule has 1 aliphatic carbocycles. The van der Waals surface area contributed by atoms with Crippen molar-refractivity contribution >= 4 is 25.5 Å². The quantitative estimate of drug-likeness (QED) is 0.0179. The summed E-state index contributed by atoms with van der Waals surface area (Å²) in [5.74, 6) is -1.88. The van der Waals surface area contributed by atoms with Crippen LogP contribution in [-0.4, -0.2) is 93.9 Å². The zero-order chi connectivity index (χ0) is 41.4. The predicted octanol–water partition coefficient (Wildman–Crippen LogP) is 7.59. The van der Waals surface area contributed by atoms with Crippen molar-refractivity contribution in [2.45, 2.75) is 186 Å². The molecule has 0 saturated heterocycles. The number of phosphoric acid groups is 1. The van der Waals surface area contributed by atoms with Crippen molar-refractivity contribution in [1.82, 2.24) is 0 Å². The highest BCUT2D eigenvalue weighted by atomic mass is 31.2. The number of hydrogen-bond acceptors (Lipinski definition) is 12. The summed E-state index contributed by atoms with van der Waals surface area (Å²) in [7, 11) is -4.68. The minimum absolute atomic E-state index is 0.0173. The van der Waals surface area contributed by atoms with Crippen LogP contribution >= 0.6 is 7.82 Å². The van der Waals surface area contributed by atoms with Crippen LogP contribution in [0.5, 0.6) is 0 Å². The second-order valence-electron chi connectivity index (χ2n) is 15.2. The van der Waals surface area contributed by atoms with Gasteiger partial charge in [0, 0.05) is 31.1 Å². The van der Waals surface area contributed by atoms with E-state index in [1.807, 2.05) is 12.2 Å². The van der Waals surface area contributed by atoms with Crippen LogP contribution < -0.4 is 0 Å². The molecule has 56 heavy (non-hydrogen) atoms. The number of carbonyl (C=O) groups excluding carboxylic acids is 3. The Morgan fingerprint density at radius 3 is 1.98 bits per heavy atom. The number of phosphoric ester groups is 1. The van der Waals surface area contributed by atoms with Gasteiger partial charge in [0.05, 0.1) is 32.0 Å². The van der Waals surface area contributed by atoms with Gasteiger partial charge < -0.3 is 34.8 Å². The molecule has 5 N–H and O–H groups in total. The number of unbranched alkanes of at least 4 members (excludes halogenated alkanes) is 15. The Morgan fingerprint density at radius 1 is 0.786 bits per heavy atom. The summed E-state index contributed by atoms with van der Waals surface area (Å²) in [4.78, 5) is 47.6. The number of hydrogen-bond donors (Lipinski definition) is 5. The van der Waals surface area contributed by atoms with Gasteiger partial charge in [-0.15, -0.1) is 0 Å². The molecule has 0 spiro atoms. The highest BCUT2D eigenvalue weighted by Gasteiger charge is 2.39. The zero-order valence-corrected chi connectivity index (χ0v) is 35.2. The van der Waals surface area contributed by atoms with E-state index in [1.165, 1.54) is 57.8 Å². The van der Waals surface area contributed by atoms with Gasteiger partial charge in [-0.2, -0.15) is 0 Å². The van der Waals surface area contributed by atoms with Crippen molar-refractivity contribution in [3.8, 4) is 0 Å². The number of aliphatic hydroxyl groups excluding tert-OH is 4. The Balaban J connectivity index is 2.49. The molecule has 0 aromatic heterocycles. The largest absolute Gasteiger partial charge is 0.472 e. The smallest absolute Gasteiger partial charge is 0.462 e. The molecule has 1 saturated carbocycles. The third-order valence-corrected chi connectivity index (χ3v) is 10.9.